The summed E-state index contributed by atoms with van der Waals surface area (Å²) in [6, 6.07) is 3.93. The third-order valence-electron chi connectivity index (χ3n) is 2.43. The molecule has 0 aromatic heterocycles. The first-order valence-corrected chi connectivity index (χ1v) is 6.30. The molecule has 1 amide bonds. The molecule has 0 saturated heterocycles. The van der Waals surface area contributed by atoms with Crippen molar-refractivity contribution in [1.82, 2.24) is 5.32 Å². The molecule has 0 spiro atoms. The molecule has 0 aliphatic heterocycles. The van der Waals surface area contributed by atoms with E-state index >= 15 is 0 Å². The smallest absolute Gasteiger partial charge is 0.237 e. The van der Waals surface area contributed by atoms with Gasteiger partial charge in [0.2, 0.25) is 5.91 Å². The van der Waals surface area contributed by atoms with Gasteiger partial charge in [-0.1, -0.05) is 15.9 Å². The van der Waals surface area contributed by atoms with Crippen LogP contribution in [0, 0.1) is 5.82 Å². The number of carbonyl (C=O) groups excluding carboxylic acids is 1. The number of hydrogen-bond acceptors (Lipinski definition) is 3. The molecule has 1 atom stereocenters. The number of carbonyl (C=O) groups is 1. The van der Waals surface area contributed by atoms with Gasteiger partial charge in [0.05, 0.1) is 6.04 Å². The maximum Gasteiger partial charge on any atom is 0.237 e. The Balaban J connectivity index is 2.49. The fourth-order valence-electron chi connectivity index (χ4n) is 1.37. The molecule has 0 radical (unpaired) electrons. The average Bonchev–Trinajstić information content (AvgIpc) is 2.36. The minimum Gasteiger partial charge on any atom is -0.385 e. The van der Waals surface area contributed by atoms with Crippen molar-refractivity contribution in [1.29, 1.82) is 0 Å². The summed E-state index contributed by atoms with van der Waals surface area (Å²) in [7, 11) is 1.54. The summed E-state index contributed by atoms with van der Waals surface area (Å²) in [5.41, 5.74) is 6.05. The molecule has 1 unspecified atom stereocenters. The first-order chi connectivity index (χ1) is 8.54. The monoisotopic (exact) mass is 318 g/mol. The zero-order valence-corrected chi connectivity index (χ0v) is 11.7. The van der Waals surface area contributed by atoms with Gasteiger partial charge in [0.1, 0.15) is 5.82 Å². The molecule has 3 N–H and O–H groups in total. The molecule has 1 aromatic rings. The number of halogens is 2. The zero-order chi connectivity index (χ0) is 13.5. The molecule has 100 valence electrons. The quantitative estimate of drug-likeness (QED) is 0.836. The predicted molar refractivity (Wildman–Crippen MR) is 70.4 cm³/mol. The van der Waals surface area contributed by atoms with Crippen LogP contribution in [0.5, 0.6) is 0 Å². The minimum absolute atomic E-state index is 0.116. The van der Waals surface area contributed by atoms with Crippen LogP contribution in [-0.4, -0.2) is 25.7 Å². The summed E-state index contributed by atoms with van der Waals surface area (Å²) < 4.78 is 19.0. The van der Waals surface area contributed by atoms with E-state index in [0.29, 0.717) is 18.6 Å². The molecule has 0 heterocycles. The molecule has 4 nitrogen and oxygen atoms in total. The Morgan fingerprint density at radius 3 is 3.00 bits per heavy atom. The second-order valence-corrected chi connectivity index (χ2v) is 4.76. The van der Waals surface area contributed by atoms with Gasteiger partial charge in [0.15, 0.2) is 0 Å². The molecule has 0 fully saturated rings. The maximum atomic E-state index is 13.4. The first-order valence-electron chi connectivity index (χ1n) is 5.50. The van der Waals surface area contributed by atoms with E-state index in [0.717, 1.165) is 4.47 Å². The SMILES string of the molecule is COCCC(N)C(=O)NCc1cc(Br)ccc1F. The summed E-state index contributed by atoms with van der Waals surface area (Å²) in [5.74, 6) is -0.671. The summed E-state index contributed by atoms with van der Waals surface area (Å²) in [6.45, 7) is 0.532. The summed E-state index contributed by atoms with van der Waals surface area (Å²) >= 11 is 3.25. The molecule has 18 heavy (non-hydrogen) atoms. The Labute approximate surface area is 114 Å². The third kappa shape index (κ3) is 4.72. The molecule has 6 heteroatoms. The zero-order valence-electron chi connectivity index (χ0n) is 10.1. The predicted octanol–water partition coefficient (Wildman–Crippen LogP) is 1.57. The average molecular weight is 319 g/mol. The summed E-state index contributed by atoms with van der Waals surface area (Å²) in [4.78, 5) is 11.6. The second kappa shape index (κ2) is 7.45. The highest BCUT2D eigenvalue weighted by atomic mass is 79.9. The number of methoxy groups -OCH3 is 1. The van der Waals surface area contributed by atoms with Gasteiger partial charge >= 0.3 is 0 Å². The van der Waals surface area contributed by atoms with Crippen LogP contribution in [0.2, 0.25) is 0 Å². The van der Waals surface area contributed by atoms with Crippen LogP contribution in [0.3, 0.4) is 0 Å². The normalized spacial score (nSPS) is 12.2. The van der Waals surface area contributed by atoms with Crippen molar-refractivity contribution >= 4 is 21.8 Å². The van der Waals surface area contributed by atoms with E-state index in [2.05, 4.69) is 21.2 Å². The van der Waals surface area contributed by atoms with Crippen LogP contribution >= 0.6 is 15.9 Å². The number of hydrogen-bond donors (Lipinski definition) is 2. The van der Waals surface area contributed by atoms with Gasteiger partial charge in [0.25, 0.3) is 0 Å². The van der Waals surface area contributed by atoms with E-state index in [1.165, 1.54) is 6.07 Å². The maximum absolute atomic E-state index is 13.4. The molecular weight excluding hydrogens is 303 g/mol. The fraction of sp³-hybridized carbons (Fsp3) is 0.417. The molecule has 1 rings (SSSR count). The molecule has 0 bridgehead atoms. The van der Waals surface area contributed by atoms with E-state index in [1.54, 1.807) is 19.2 Å². The van der Waals surface area contributed by atoms with Crippen LogP contribution in [0.15, 0.2) is 22.7 Å². The van der Waals surface area contributed by atoms with Crippen molar-refractivity contribution in [2.45, 2.75) is 19.0 Å². The third-order valence-corrected chi connectivity index (χ3v) is 2.92. The summed E-state index contributed by atoms with van der Waals surface area (Å²) in [5, 5.41) is 2.60. The Hall–Kier alpha value is -0.980. The van der Waals surface area contributed by atoms with Crippen molar-refractivity contribution < 1.29 is 13.9 Å². The Bertz CT molecular complexity index is 415. The minimum atomic E-state index is -0.639. The van der Waals surface area contributed by atoms with E-state index in [9.17, 15) is 9.18 Å². The lowest BCUT2D eigenvalue weighted by atomic mass is 10.2. The van der Waals surface area contributed by atoms with Gasteiger partial charge in [-0.3, -0.25) is 4.79 Å². The summed E-state index contributed by atoms with van der Waals surface area (Å²) in [6.07, 6.45) is 0.434. The van der Waals surface area contributed by atoms with Crippen molar-refractivity contribution in [3.05, 3.63) is 34.1 Å². The number of rotatable bonds is 6. The topological polar surface area (TPSA) is 64.3 Å². The molecular formula is C12H16BrFN2O2. The number of amides is 1. The highest BCUT2D eigenvalue weighted by molar-refractivity contribution is 9.10. The number of ether oxygens (including phenoxy) is 1. The van der Waals surface area contributed by atoms with Gasteiger partial charge in [-0.05, 0) is 24.6 Å². The van der Waals surface area contributed by atoms with Crippen LogP contribution in [0.25, 0.3) is 0 Å². The fourth-order valence-corrected chi connectivity index (χ4v) is 1.78. The number of nitrogens with two attached hydrogens (primary N) is 1. The van der Waals surface area contributed by atoms with Gasteiger partial charge in [-0.25, -0.2) is 4.39 Å². The van der Waals surface area contributed by atoms with E-state index < -0.39 is 6.04 Å². The van der Waals surface area contributed by atoms with E-state index in [4.69, 9.17) is 10.5 Å². The van der Waals surface area contributed by atoms with Crippen LogP contribution in [0.4, 0.5) is 4.39 Å². The van der Waals surface area contributed by atoms with Gasteiger partial charge in [0, 0.05) is 30.3 Å². The lowest BCUT2D eigenvalue weighted by molar-refractivity contribution is -0.122. The highest BCUT2D eigenvalue weighted by Crippen LogP contribution is 2.15. The van der Waals surface area contributed by atoms with Gasteiger partial charge in [-0.15, -0.1) is 0 Å². The Morgan fingerprint density at radius 2 is 2.33 bits per heavy atom. The van der Waals surface area contributed by atoms with Gasteiger partial charge < -0.3 is 15.8 Å². The van der Waals surface area contributed by atoms with Crippen LogP contribution in [0.1, 0.15) is 12.0 Å². The Kier molecular flexibility index (Phi) is 6.24. The van der Waals surface area contributed by atoms with Crippen molar-refractivity contribution in [2.75, 3.05) is 13.7 Å². The van der Waals surface area contributed by atoms with Crippen molar-refractivity contribution in [3.8, 4) is 0 Å². The van der Waals surface area contributed by atoms with Crippen LogP contribution < -0.4 is 11.1 Å². The molecule has 0 saturated carbocycles. The van der Waals surface area contributed by atoms with Crippen molar-refractivity contribution in [3.63, 3.8) is 0 Å². The largest absolute Gasteiger partial charge is 0.385 e. The van der Waals surface area contributed by atoms with E-state index in [1.807, 2.05) is 0 Å². The lowest BCUT2D eigenvalue weighted by Crippen LogP contribution is -2.41. The highest BCUT2D eigenvalue weighted by Gasteiger charge is 2.13. The van der Waals surface area contributed by atoms with Gasteiger partial charge in [-0.2, -0.15) is 0 Å². The molecule has 0 aliphatic carbocycles. The standard InChI is InChI=1S/C12H16BrFN2O2/c1-18-5-4-11(15)12(17)16-7-8-6-9(13)2-3-10(8)14/h2-3,6,11H,4-5,7,15H2,1H3,(H,16,17). The van der Waals surface area contributed by atoms with Crippen LogP contribution in [-0.2, 0) is 16.1 Å². The first kappa shape index (κ1) is 15.1. The molecule has 1 aromatic carbocycles. The molecule has 0 aliphatic rings. The second-order valence-electron chi connectivity index (χ2n) is 3.84. The van der Waals surface area contributed by atoms with E-state index in [-0.39, 0.29) is 18.3 Å². The lowest BCUT2D eigenvalue weighted by Gasteiger charge is -2.12. The number of benzene rings is 1. The Morgan fingerprint density at radius 1 is 1.61 bits per heavy atom. The number of nitrogens with one attached hydrogen (secondary N) is 1. The van der Waals surface area contributed by atoms with Crippen molar-refractivity contribution in [2.24, 2.45) is 5.73 Å².